The van der Waals surface area contributed by atoms with Gasteiger partial charge in [-0.05, 0) is 63.4 Å². The molecule has 1 aromatic carbocycles. The van der Waals surface area contributed by atoms with Gasteiger partial charge in [-0.15, -0.1) is 0 Å². The second kappa shape index (κ2) is 6.60. The van der Waals surface area contributed by atoms with Crippen LogP contribution in [0.3, 0.4) is 0 Å². The lowest BCUT2D eigenvalue weighted by Crippen LogP contribution is -2.21. The van der Waals surface area contributed by atoms with Crippen LogP contribution in [0.4, 0.5) is 5.69 Å². The molecule has 0 saturated heterocycles. The number of nitrogens with zero attached hydrogens (tertiary/aromatic N) is 1. The Morgan fingerprint density at radius 3 is 2.50 bits per heavy atom. The average Bonchev–Trinajstić information content (AvgIpc) is 2.44. The molecule has 2 rings (SSSR count). The maximum Gasteiger partial charge on any atom is 0.262 e. The molecule has 2 aromatic rings. The number of rotatable bonds is 4. The van der Waals surface area contributed by atoms with E-state index in [1.54, 1.807) is 0 Å². The van der Waals surface area contributed by atoms with Crippen LogP contribution in [0.15, 0.2) is 24.3 Å². The highest BCUT2D eigenvalue weighted by atomic mass is 16.5. The lowest BCUT2D eigenvalue weighted by molar-refractivity contribution is -0.118. The molecule has 22 heavy (non-hydrogen) atoms. The zero-order valence-electron chi connectivity index (χ0n) is 13.8. The van der Waals surface area contributed by atoms with Gasteiger partial charge in [0.15, 0.2) is 6.61 Å². The molecule has 116 valence electrons. The molecule has 0 aliphatic heterocycles. The van der Waals surface area contributed by atoms with Crippen molar-refractivity contribution in [3.63, 3.8) is 0 Å². The minimum Gasteiger partial charge on any atom is -0.483 e. The number of amides is 1. The average molecular weight is 298 g/mol. The fourth-order valence-electron chi connectivity index (χ4n) is 2.39. The summed E-state index contributed by atoms with van der Waals surface area (Å²) >= 11 is 0. The van der Waals surface area contributed by atoms with Crippen molar-refractivity contribution >= 4 is 11.6 Å². The van der Waals surface area contributed by atoms with Crippen molar-refractivity contribution in [1.82, 2.24) is 4.98 Å². The van der Waals surface area contributed by atoms with Crippen molar-refractivity contribution < 1.29 is 9.53 Å². The van der Waals surface area contributed by atoms with E-state index < -0.39 is 0 Å². The van der Waals surface area contributed by atoms with Crippen LogP contribution in [0.2, 0.25) is 0 Å². The molecular weight excluding hydrogens is 276 g/mol. The predicted octanol–water partition coefficient (Wildman–Crippen LogP) is 3.64. The SMILES string of the molecule is Cc1ccc(C)c(OCC(=O)Nc2c(C)cc(C)nc2C)c1. The first-order valence-corrected chi connectivity index (χ1v) is 7.31. The maximum atomic E-state index is 12.1. The van der Waals surface area contributed by atoms with Gasteiger partial charge in [-0.1, -0.05) is 12.1 Å². The third-order valence-corrected chi connectivity index (χ3v) is 3.49. The van der Waals surface area contributed by atoms with Gasteiger partial charge in [0.25, 0.3) is 5.91 Å². The van der Waals surface area contributed by atoms with Crippen LogP contribution in [-0.2, 0) is 4.79 Å². The van der Waals surface area contributed by atoms with Gasteiger partial charge in [0.2, 0.25) is 0 Å². The number of ether oxygens (including phenoxy) is 1. The van der Waals surface area contributed by atoms with Crippen LogP contribution in [0.25, 0.3) is 0 Å². The van der Waals surface area contributed by atoms with E-state index in [2.05, 4.69) is 10.3 Å². The first-order valence-electron chi connectivity index (χ1n) is 7.31. The first-order chi connectivity index (χ1) is 10.4. The Bertz CT molecular complexity index is 685. The molecule has 0 saturated carbocycles. The Hall–Kier alpha value is -2.36. The Morgan fingerprint density at radius 1 is 1.09 bits per heavy atom. The van der Waals surface area contributed by atoms with Crippen molar-refractivity contribution in [1.29, 1.82) is 0 Å². The second-order valence-electron chi connectivity index (χ2n) is 5.65. The molecule has 0 bridgehead atoms. The second-order valence-corrected chi connectivity index (χ2v) is 5.65. The standard InChI is InChI=1S/C18H22N2O2/c1-11-6-7-12(2)16(8-11)22-10-17(21)20-18-13(3)9-14(4)19-15(18)5/h6-9H,10H2,1-5H3,(H,20,21). The highest BCUT2D eigenvalue weighted by Crippen LogP contribution is 2.21. The topological polar surface area (TPSA) is 51.2 Å². The lowest BCUT2D eigenvalue weighted by Gasteiger charge is -2.13. The minimum absolute atomic E-state index is 0.0168. The van der Waals surface area contributed by atoms with Gasteiger partial charge < -0.3 is 10.1 Å². The number of aromatic nitrogens is 1. The van der Waals surface area contributed by atoms with Gasteiger partial charge in [0.1, 0.15) is 5.75 Å². The number of carbonyl (C=O) groups excluding carboxylic acids is 1. The van der Waals surface area contributed by atoms with Crippen molar-refractivity contribution in [2.24, 2.45) is 0 Å². The fraction of sp³-hybridized carbons (Fsp3) is 0.333. The summed E-state index contributed by atoms with van der Waals surface area (Å²) in [6.45, 7) is 9.73. The number of carbonyl (C=O) groups is 1. The summed E-state index contributed by atoms with van der Waals surface area (Å²) < 4.78 is 5.62. The fourth-order valence-corrected chi connectivity index (χ4v) is 2.39. The molecule has 1 heterocycles. The van der Waals surface area contributed by atoms with Gasteiger partial charge in [-0.3, -0.25) is 9.78 Å². The third kappa shape index (κ3) is 3.85. The molecule has 1 N–H and O–H groups in total. The van der Waals surface area contributed by atoms with Gasteiger partial charge in [-0.2, -0.15) is 0 Å². The smallest absolute Gasteiger partial charge is 0.262 e. The van der Waals surface area contributed by atoms with Gasteiger partial charge in [0.05, 0.1) is 11.4 Å². The van der Waals surface area contributed by atoms with Crippen molar-refractivity contribution in [3.8, 4) is 5.75 Å². The molecule has 0 fully saturated rings. The monoisotopic (exact) mass is 298 g/mol. The highest BCUT2D eigenvalue weighted by molar-refractivity contribution is 5.93. The van der Waals surface area contributed by atoms with E-state index in [4.69, 9.17) is 4.74 Å². The summed E-state index contributed by atoms with van der Waals surface area (Å²) in [7, 11) is 0. The summed E-state index contributed by atoms with van der Waals surface area (Å²) in [5.41, 5.74) is 5.65. The number of hydrogen-bond acceptors (Lipinski definition) is 3. The molecule has 0 aliphatic rings. The van der Waals surface area contributed by atoms with Crippen LogP contribution < -0.4 is 10.1 Å². The molecule has 4 nitrogen and oxygen atoms in total. The summed E-state index contributed by atoms with van der Waals surface area (Å²) in [5, 5.41) is 2.88. The van der Waals surface area contributed by atoms with Gasteiger partial charge in [0, 0.05) is 5.69 Å². The number of hydrogen-bond donors (Lipinski definition) is 1. The van der Waals surface area contributed by atoms with Gasteiger partial charge >= 0.3 is 0 Å². The molecular formula is C18H22N2O2. The van der Waals surface area contributed by atoms with E-state index in [1.807, 2.05) is 58.9 Å². The van der Waals surface area contributed by atoms with Crippen LogP contribution >= 0.6 is 0 Å². The first kappa shape index (κ1) is 16.0. The zero-order chi connectivity index (χ0) is 16.3. The maximum absolute atomic E-state index is 12.1. The number of benzene rings is 1. The third-order valence-electron chi connectivity index (χ3n) is 3.49. The zero-order valence-corrected chi connectivity index (χ0v) is 13.8. The van der Waals surface area contributed by atoms with Gasteiger partial charge in [-0.25, -0.2) is 0 Å². The summed E-state index contributed by atoms with van der Waals surface area (Å²) in [6.07, 6.45) is 0. The molecule has 1 aromatic heterocycles. The normalized spacial score (nSPS) is 10.4. The minimum atomic E-state index is -0.183. The Morgan fingerprint density at radius 2 is 1.82 bits per heavy atom. The predicted molar refractivity (Wildman–Crippen MR) is 88.5 cm³/mol. The van der Waals surface area contributed by atoms with Crippen molar-refractivity contribution in [3.05, 3.63) is 52.3 Å². The summed E-state index contributed by atoms with van der Waals surface area (Å²) in [6, 6.07) is 7.90. The molecule has 0 radical (unpaired) electrons. The molecule has 0 aliphatic carbocycles. The van der Waals surface area contributed by atoms with E-state index in [9.17, 15) is 4.79 Å². The van der Waals surface area contributed by atoms with Crippen LogP contribution in [-0.4, -0.2) is 17.5 Å². The van der Waals surface area contributed by atoms with E-state index in [1.165, 1.54) is 0 Å². The van der Waals surface area contributed by atoms with Crippen LogP contribution in [0.5, 0.6) is 5.75 Å². The summed E-state index contributed by atoms with van der Waals surface area (Å²) in [5.74, 6) is 0.559. The van der Waals surface area contributed by atoms with Crippen molar-refractivity contribution in [2.45, 2.75) is 34.6 Å². The van der Waals surface area contributed by atoms with E-state index in [0.717, 1.165) is 39.5 Å². The lowest BCUT2D eigenvalue weighted by atomic mass is 10.1. The van der Waals surface area contributed by atoms with Crippen molar-refractivity contribution in [2.75, 3.05) is 11.9 Å². The number of pyridine rings is 1. The molecule has 1 amide bonds. The van der Waals surface area contributed by atoms with E-state index in [-0.39, 0.29) is 12.5 Å². The van der Waals surface area contributed by atoms with Crippen LogP contribution in [0.1, 0.15) is 28.1 Å². The Balaban J connectivity index is 2.03. The number of anilines is 1. The van der Waals surface area contributed by atoms with E-state index in [0.29, 0.717) is 0 Å². The van der Waals surface area contributed by atoms with Crippen LogP contribution in [0, 0.1) is 34.6 Å². The summed E-state index contributed by atoms with van der Waals surface area (Å²) in [4.78, 5) is 16.5. The highest BCUT2D eigenvalue weighted by Gasteiger charge is 2.10. The molecule has 0 unspecified atom stereocenters. The van der Waals surface area contributed by atoms with E-state index >= 15 is 0 Å². The number of nitrogens with one attached hydrogen (secondary N) is 1. The largest absolute Gasteiger partial charge is 0.483 e. The molecule has 4 heteroatoms. The Kier molecular flexibility index (Phi) is 4.81. The quantitative estimate of drug-likeness (QED) is 0.937. The molecule has 0 atom stereocenters. The number of aryl methyl sites for hydroxylation is 5. The molecule has 0 spiro atoms. The Labute approximate surface area is 131 Å².